The van der Waals surface area contributed by atoms with E-state index in [1.807, 2.05) is 26.0 Å². The van der Waals surface area contributed by atoms with E-state index in [2.05, 4.69) is 31.8 Å². The van der Waals surface area contributed by atoms with Crippen LogP contribution in [0.5, 0.6) is 0 Å². The number of amides is 2. The maximum atomic E-state index is 12.3. The zero-order valence-electron chi connectivity index (χ0n) is 15.3. The summed E-state index contributed by atoms with van der Waals surface area (Å²) in [4.78, 5) is 20.9. The fourth-order valence-corrected chi connectivity index (χ4v) is 3.09. The van der Waals surface area contributed by atoms with Crippen LogP contribution in [-0.4, -0.2) is 25.8 Å². The Bertz CT molecular complexity index is 1170. The number of aryl methyl sites for hydroxylation is 2. The second-order valence-corrected chi connectivity index (χ2v) is 6.83. The third-order valence-corrected chi connectivity index (χ3v) is 4.53. The van der Waals surface area contributed by atoms with Crippen LogP contribution in [-0.2, 0) is 0 Å². The zero-order valence-corrected chi connectivity index (χ0v) is 16.0. The van der Waals surface area contributed by atoms with E-state index in [9.17, 15) is 4.79 Å². The molecule has 0 unspecified atom stereocenters. The van der Waals surface area contributed by atoms with Gasteiger partial charge in [0.1, 0.15) is 12.1 Å². The number of hydrogen-bond acceptors (Lipinski definition) is 4. The molecule has 0 aliphatic carbocycles. The molecule has 4 rings (SSSR count). The lowest BCUT2D eigenvalue weighted by Crippen LogP contribution is -2.20. The Morgan fingerprint density at radius 2 is 1.82 bits per heavy atom. The van der Waals surface area contributed by atoms with Crippen LogP contribution in [0.25, 0.3) is 16.7 Å². The monoisotopic (exact) mass is 392 g/mol. The summed E-state index contributed by atoms with van der Waals surface area (Å²) in [7, 11) is 0. The summed E-state index contributed by atoms with van der Waals surface area (Å²) in [6.07, 6.45) is 3.05. The average molecular weight is 393 g/mol. The van der Waals surface area contributed by atoms with Crippen LogP contribution in [0.1, 0.15) is 11.1 Å². The number of nitrogens with zero attached hydrogens (tertiary/aromatic N) is 4. The van der Waals surface area contributed by atoms with Gasteiger partial charge in [0.15, 0.2) is 5.65 Å². The van der Waals surface area contributed by atoms with Gasteiger partial charge in [-0.3, -0.25) is 5.32 Å². The van der Waals surface area contributed by atoms with Gasteiger partial charge in [-0.15, -0.1) is 0 Å². The van der Waals surface area contributed by atoms with Crippen LogP contribution in [0, 0.1) is 13.8 Å². The van der Waals surface area contributed by atoms with Gasteiger partial charge in [-0.25, -0.2) is 19.4 Å². The first-order valence-electron chi connectivity index (χ1n) is 8.61. The van der Waals surface area contributed by atoms with E-state index in [1.54, 1.807) is 35.1 Å². The topological polar surface area (TPSA) is 84.7 Å². The van der Waals surface area contributed by atoms with E-state index in [1.165, 1.54) is 11.9 Å². The van der Waals surface area contributed by atoms with E-state index in [0.717, 1.165) is 11.3 Å². The Morgan fingerprint density at radius 3 is 2.57 bits per heavy atom. The maximum absolute atomic E-state index is 12.3. The standard InChI is InChI=1S/C20H17ClN6O/c1-12-3-8-17(13(2)9-12)27-19-16(10-24-27)18(22-11-23-19)26-20(28)25-15-6-4-14(21)5-7-15/h3-11H,1-2H3,(H2,22,23,25,26,28). The van der Waals surface area contributed by atoms with Crippen LogP contribution in [0.2, 0.25) is 5.02 Å². The van der Waals surface area contributed by atoms with Crippen molar-refractivity contribution in [2.24, 2.45) is 0 Å². The number of carbonyl (C=O) groups is 1. The number of carbonyl (C=O) groups excluding carboxylic acids is 1. The van der Waals surface area contributed by atoms with Gasteiger partial charge >= 0.3 is 6.03 Å². The molecule has 2 heterocycles. The van der Waals surface area contributed by atoms with E-state index < -0.39 is 6.03 Å². The van der Waals surface area contributed by atoms with Crippen LogP contribution >= 0.6 is 11.6 Å². The molecule has 2 amide bonds. The number of rotatable bonds is 3. The van der Waals surface area contributed by atoms with Gasteiger partial charge in [-0.2, -0.15) is 5.10 Å². The molecule has 7 nitrogen and oxygen atoms in total. The molecule has 0 radical (unpaired) electrons. The van der Waals surface area contributed by atoms with E-state index in [-0.39, 0.29) is 0 Å². The summed E-state index contributed by atoms with van der Waals surface area (Å²) < 4.78 is 1.74. The average Bonchev–Trinajstić information content (AvgIpc) is 3.09. The highest BCUT2D eigenvalue weighted by Crippen LogP contribution is 2.24. The highest BCUT2D eigenvalue weighted by atomic mass is 35.5. The Kier molecular flexibility index (Phi) is 4.67. The molecule has 0 atom stereocenters. The van der Waals surface area contributed by atoms with Crippen molar-refractivity contribution in [1.82, 2.24) is 19.7 Å². The molecule has 0 saturated heterocycles. The van der Waals surface area contributed by atoms with Crippen LogP contribution < -0.4 is 10.6 Å². The first kappa shape index (κ1) is 17.9. The molecule has 140 valence electrons. The van der Waals surface area contributed by atoms with Gasteiger partial charge in [0.2, 0.25) is 0 Å². The summed E-state index contributed by atoms with van der Waals surface area (Å²) in [6, 6.07) is 12.5. The van der Waals surface area contributed by atoms with Crippen molar-refractivity contribution >= 4 is 40.2 Å². The quantitative estimate of drug-likeness (QED) is 0.527. The lowest BCUT2D eigenvalue weighted by Gasteiger charge is -2.09. The number of nitrogens with one attached hydrogen (secondary N) is 2. The minimum Gasteiger partial charge on any atom is -0.308 e. The van der Waals surface area contributed by atoms with E-state index in [0.29, 0.717) is 27.6 Å². The fourth-order valence-electron chi connectivity index (χ4n) is 2.97. The zero-order chi connectivity index (χ0) is 19.7. The Morgan fingerprint density at radius 1 is 1.04 bits per heavy atom. The number of halogens is 1. The minimum absolute atomic E-state index is 0.382. The lowest BCUT2D eigenvalue weighted by atomic mass is 10.1. The van der Waals surface area contributed by atoms with Crippen LogP contribution in [0.3, 0.4) is 0 Å². The summed E-state index contributed by atoms with van der Waals surface area (Å²) in [6.45, 7) is 4.07. The normalized spacial score (nSPS) is 10.8. The first-order valence-corrected chi connectivity index (χ1v) is 8.99. The second kappa shape index (κ2) is 7.28. The molecule has 2 aromatic heterocycles. The summed E-state index contributed by atoms with van der Waals surface area (Å²) >= 11 is 5.86. The third-order valence-electron chi connectivity index (χ3n) is 4.28. The van der Waals surface area contributed by atoms with Crippen molar-refractivity contribution < 1.29 is 4.79 Å². The minimum atomic E-state index is -0.415. The highest BCUT2D eigenvalue weighted by molar-refractivity contribution is 6.30. The Labute approximate surface area is 166 Å². The number of aromatic nitrogens is 4. The van der Waals surface area contributed by atoms with Gasteiger partial charge in [0.25, 0.3) is 0 Å². The molecule has 0 bridgehead atoms. The summed E-state index contributed by atoms with van der Waals surface area (Å²) in [5, 5.41) is 11.2. The van der Waals surface area contributed by atoms with Crippen molar-refractivity contribution in [3.05, 3.63) is 71.1 Å². The fraction of sp³-hybridized carbons (Fsp3) is 0.100. The number of benzene rings is 2. The van der Waals surface area contributed by atoms with Crippen molar-refractivity contribution in [3.63, 3.8) is 0 Å². The molecule has 2 N–H and O–H groups in total. The number of anilines is 2. The Balaban J connectivity index is 1.63. The molecular weight excluding hydrogens is 376 g/mol. The summed E-state index contributed by atoms with van der Waals surface area (Å²) in [5.74, 6) is 0.382. The van der Waals surface area contributed by atoms with Crippen molar-refractivity contribution in [2.75, 3.05) is 10.6 Å². The Hall–Kier alpha value is -3.45. The van der Waals surface area contributed by atoms with Crippen molar-refractivity contribution in [2.45, 2.75) is 13.8 Å². The third kappa shape index (κ3) is 3.52. The molecule has 0 fully saturated rings. The molecule has 0 aliphatic heterocycles. The van der Waals surface area contributed by atoms with Gasteiger partial charge in [0, 0.05) is 10.7 Å². The number of urea groups is 1. The van der Waals surface area contributed by atoms with Gasteiger partial charge in [-0.05, 0) is 49.7 Å². The predicted molar refractivity (Wildman–Crippen MR) is 110 cm³/mol. The van der Waals surface area contributed by atoms with Crippen LogP contribution in [0.4, 0.5) is 16.3 Å². The molecule has 0 saturated carbocycles. The van der Waals surface area contributed by atoms with Gasteiger partial charge < -0.3 is 5.32 Å². The van der Waals surface area contributed by atoms with Crippen LogP contribution in [0.15, 0.2) is 55.0 Å². The van der Waals surface area contributed by atoms with E-state index >= 15 is 0 Å². The highest BCUT2D eigenvalue weighted by Gasteiger charge is 2.14. The second-order valence-electron chi connectivity index (χ2n) is 6.39. The molecule has 0 spiro atoms. The largest absolute Gasteiger partial charge is 0.324 e. The van der Waals surface area contributed by atoms with Crippen molar-refractivity contribution in [1.29, 1.82) is 0 Å². The SMILES string of the molecule is Cc1ccc(-n2ncc3c(NC(=O)Nc4ccc(Cl)cc4)ncnc32)c(C)c1. The molecule has 2 aromatic carbocycles. The predicted octanol–water partition coefficient (Wildman–Crippen LogP) is 4.73. The molecule has 8 heteroatoms. The van der Waals surface area contributed by atoms with Gasteiger partial charge in [-0.1, -0.05) is 29.3 Å². The lowest BCUT2D eigenvalue weighted by molar-refractivity contribution is 0.262. The maximum Gasteiger partial charge on any atom is 0.324 e. The smallest absolute Gasteiger partial charge is 0.308 e. The molecule has 4 aromatic rings. The van der Waals surface area contributed by atoms with E-state index in [4.69, 9.17) is 11.6 Å². The van der Waals surface area contributed by atoms with Gasteiger partial charge in [0.05, 0.1) is 17.3 Å². The molecule has 28 heavy (non-hydrogen) atoms. The summed E-state index contributed by atoms with van der Waals surface area (Å²) in [5.41, 5.74) is 4.42. The molecule has 0 aliphatic rings. The first-order chi connectivity index (χ1) is 13.5. The number of fused-ring (bicyclic) bond motifs is 1. The van der Waals surface area contributed by atoms with Crippen molar-refractivity contribution in [3.8, 4) is 5.69 Å². The molecular formula is C20H17ClN6O. The number of hydrogen-bond donors (Lipinski definition) is 2.